The van der Waals surface area contributed by atoms with E-state index in [4.69, 9.17) is 10.5 Å². The van der Waals surface area contributed by atoms with Gasteiger partial charge in [0.05, 0.1) is 31.9 Å². The number of urea groups is 1. The van der Waals surface area contributed by atoms with Crippen LogP contribution < -0.4 is 21.3 Å². The van der Waals surface area contributed by atoms with E-state index in [2.05, 4.69) is 10.6 Å². The summed E-state index contributed by atoms with van der Waals surface area (Å²) in [6.07, 6.45) is 4.02. The summed E-state index contributed by atoms with van der Waals surface area (Å²) < 4.78 is 5.32. The van der Waals surface area contributed by atoms with Gasteiger partial charge in [0.1, 0.15) is 18.1 Å². The molecule has 0 unspecified atom stereocenters. The number of hydrogen-bond acceptors (Lipinski definition) is 4. The molecule has 0 spiro atoms. The van der Waals surface area contributed by atoms with Gasteiger partial charge in [-0.15, -0.1) is 11.3 Å². The van der Waals surface area contributed by atoms with Gasteiger partial charge < -0.3 is 20.7 Å². The van der Waals surface area contributed by atoms with Crippen LogP contribution in [0.5, 0.6) is 0 Å². The van der Waals surface area contributed by atoms with Gasteiger partial charge in [-0.25, -0.2) is 4.79 Å². The Balaban J connectivity index is 1.56. The van der Waals surface area contributed by atoms with E-state index >= 15 is 0 Å². The van der Waals surface area contributed by atoms with Crippen molar-refractivity contribution in [2.75, 3.05) is 44.7 Å². The molecule has 1 aromatic heterocycles. The van der Waals surface area contributed by atoms with Crippen molar-refractivity contribution in [1.29, 1.82) is 0 Å². The van der Waals surface area contributed by atoms with E-state index in [-0.39, 0.29) is 6.03 Å². The summed E-state index contributed by atoms with van der Waals surface area (Å²) in [7, 11) is 0. The number of aryl methyl sites for hydroxylation is 1. The molecule has 5 N–H and O–H groups in total. The van der Waals surface area contributed by atoms with E-state index in [1.807, 2.05) is 0 Å². The lowest BCUT2D eigenvalue weighted by Gasteiger charge is -2.23. The molecule has 1 aliphatic carbocycles. The lowest BCUT2D eigenvalue weighted by molar-refractivity contribution is -0.906. The Hall–Kier alpha value is -1.64. The summed E-state index contributed by atoms with van der Waals surface area (Å²) >= 11 is 1.49. The zero-order valence-corrected chi connectivity index (χ0v) is 14.6. The van der Waals surface area contributed by atoms with Crippen LogP contribution in [-0.2, 0) is 17.6 Å². The molecule has 8 heteroatoms. The third-order valence-corrected chi connectivity index (χ3v) is 5.82. The van der Waals surface area contributed by atoms with Crippen molar-refractivity contribution in [3.63, 3.8) is 0 Å². The molecule has 1 aromatic rings. The van der Waals surface area contributed by atoms with Gasteiger partial charge >= 0.3 is 6.03 Å². The number of amides is 3. The number of primary amides is 1. The first-order chi connectivity index (χ1) is 11.6. The molecule has 0 bridgehead atoms. The first kappa shape index (κ1) is 17.2. The number of nitrogens with two attached hydrogens (primary N) is 1. The predicted molar refractivity (Wildman–Crippen MR) is 92.9 cm³/mol. The van der Waals surface area contributed by atoms with Crippen LogP contribution in [0.2, 0.25) is 0 Å². The Morgan fingerprint density at radius 2 is 1.96 bits per heavy atom. The molecule has 2 heterocycles. The molecule has 7 nitrogen and oxygen atoms in total. The highest BCUT2D eigenvalue weighted by Crippen LogP contribution is 2.37. The van der Waals surface area contributed by atoms with Crippen LogP contribution in [0.1, 0.15) is 33.6 Å². The second-order valence-electron chi connectivity index (χ2n) is 6.27. The fraction of sp³-hybridized carbons (Fsp3) is 0.625. The summed E-state index contributed by atoms with van der Waals surface area (Å²) in [4.78, 5) is 26.6. The van der Waals surface area contributed by atoms with Crippen LogP contribution in [-0.4, -0.2) is 51.3 Å². The Kier molecular flexibility index (Phi) is 5.70. The minimum absolute atomic E-state index is 0.274. The number of fused-ring (bicyclic) bond motifs is 1. The lowest BCUT2D eigenvalue weighted by atomic mass is 9.95. The van der Waals surface area contributed by atoms with Gasteiger partial charge in [-0.2, -0.15) is 0 Å². The van der Waals surface area contributed by atoms with Gasteiger partial charge in [0.25, 0.3) is 5.91 Å². The van der Waals surface area contributed by atoms with Crippen LogP contribution in [0, 0.1) is 0 Å². The normalized spacial score (nSPS) is 18.0. The largest absolute Gasteiger partial charge is 0.370 e. The molecular weight excluding hydrogens is 328 g/mol. The van der Waals surface area contributed by atoms with E-state index in [0.29, 0.717) is 17.1 Å². The monoisotopic (exact) mass is 353 g/mol. The van der Waals surface area contributed by atoms with Crippen LogP contribution in [0.15, 0.2) is 0 Å². The van der Waals surface area contributed by atoms with Crippen LogP contribution in [0.25, 0.3) is 0 Å². The highest BCUT2D eigenvalue weighted by Gasteiger charge is 2.25. The molecule has 0 atom stereocenters. The maximum absolute atomic E-state index is 12.1. The van der Waals surface area contributed by atoms with Gasteiger partial charge in [0, 0.05) is 4.88 Å². The number of hydrogen-bond donors (Lipinski definition) is 4. The molecule has 1 aliphatic heterocycles. The molecule has 0 radical (unpaired) electrons. The molecule has 24 heavy (non-hydrogen) atoms. The topological polar surface area (TPSA) is 97.9 Å². The first-order valence-electron chi connectivity index (χ1n) is 8.55. The molecule has 0 saturated carbocycles. The average molecular weight is 353 g/mol. The van der Waals surface area contributed by atoms with Crippen LogP contribution in [0.3, 0.4) is 0 Å². The zero-order chi connectivity index (χ0) is 16.9. The maximum atomic E-state index is 12.1. The van der Waals surface area contributed by atoms with Crippen LogP contribution in [0.4, 0.5) is 9.80 Å². The third kappa shape index (κ3) is 4.06. The lowest BCUT2D eigenvalue weighted by Crippen LogP contribution is -3.14. The van der Waals surface area contributed by atoms with Gasteiger partial charge in [-0.3, -0.25) is 10.1 Å². The number of nitrogens with one attached hydrogen (secondary N) is 3. The number of morpholine rings is 1. The van der Waals surface area contributed by atoms with E-state index < -0.39 is 5.91 Å². The molecule has 132 valence electrons. The van der Waals surface area contributed by atoms with Crippen molar-refractivity contribution in [2.45, 2.75) is 25.7 Å². The van der Waals surface area contributed by atoms with Crippen molar-refractivity contribution in [3.05, 3.63) is 16.0 Å². The average Bonchev–Trinajstić information content (AvgIpc) is 2.93. The van der Waals surface area contributed by atoms with Gasteiger partial charge in [0.15, 0.2) is 0 Å². The standard InChI is InChI=1S/C16H24N4O3S/c17-14(21)13-11-3-1-2-4-12(11)24-15(13)19-16(22)18-5-6-20-7-9-23-10-8-20/h1-10H2,(H2,17,21)(H2,18,19,22)/p+1. The molecular formula is C16H25N4O3S+. The SMILES string of the molecule is NC(=O)c1c(NC(=O)NCC[NH+]2CCOCC2)sc2c1CCCC2. The second kappa shape index (κ2) is 7.96. The fourth-order valence-electron chi connectivity index (χ4n) is 3.32. The molecule has 1 fully saturated rings. The van der Waals surface area contributed by atoms with Crippen molar-refractivity contribution >= 4 is 28.3 Å². The maximum Gasteiger partial charge on any atom is 0.320 e. The zero-order valence-electron chi connectivity index (χ0n) is 13.8. The number of carbonyl (C=O) groups excluding carboxylic acids is 2. The smallest absolute Gasteiger partial charge is 0.320 e. The Labute approximate surface area is 145 Å². The number of rotatable bonds is 5. The quantitative estimate of drug-likeness (QED) is 0.588. The molecule has 0 aromatic carbocycles. The van der Waals surface area contributed by atoms with Crippen molar-refractivity contribution < 1.29 is 19.2 Å². The molecule has 3 rings (SSSR count). The third-order valence-electron chi connectivity index (χ3n) is 4.61. The second-order valence-corrected chi connectivity index (χ2v) is 7.38. The number of ether oxygens (including phenoxy) is 1. The van der Waals surface area contributed by atoms with E-state index in [9.17, 15) is 9.59 Å². The Morgan fingerprint density at radius 3 is 2.71 bits per heavy atom. The van der Waals surface area contributed by atoms with E-state index in [1.54, 1.807) is 0 Å². The predicted octanol–water partition coefficient (Wildman–Crippen LogP) is -0.238. The molecule has 2 aliphatic rings. The highest BCUT2D eigenvalue weighted by molar-refractivity contribution is 7.17. The molecule has 1 saturated heterocycles. The number of thiophene rings is 1. The summed E-state index contributed by atoms with van der Waals surface area (Å²) in [5.41, 5.74) is 7.07. The van der Waals surface area contributed by atoms with Crippen molar-refractivity contribution in [2.24, 2.45) is 5.73 Å². The first-order valence-corrected chi connectivity index (χ1v) is 9.37. The number of anilines is 1. The summed E-state index contributed by atoms with van der Waals surface area (Å²) in [6.45, 7) is 4.99. The molecule has 3 amide bonds. The number of quaternary nitrogens is 1. The van der Waals surface area contributed by atoms with Crippen LogP contribution >= 0.6 is 11.3 Å². The van der Waals surface area contributed by atoms with Crippen molar-refractivity contribution in [1.82, 2.24) is 5.32 Å². The number of carbonyl (C=O) groups is 2. The summed E-state index contributed by atoms with van der Waals surface area (Å²) in [5, 5.41) is 6.28. The van der Waals surface area contributed by atoms with E-state index in [0.717, 1.165) is 64.1 Å². The minimum atomic E-state index is -0.456. The Bertz CT molecular complexity index is 611. The van der Waals surface area contributed by atoms with Gasteiger partial charge in [-0.1, -0.05) is 0 Å². The summed E-state index contributed by atoms with van der Waals surface area (Å²) in [6, 6.07) is -0.274. The van der Waals surface area contributed by atoms with Gasteiger partial charge in [0.2, 0.25) is 0 Å². The highest BCUT2D eigenvalue weighted by atomic mass is 32.1. The summed E-state index contributed by atoms with van der Waals surface area (Å²) in [5.74, 6) is -0.456. The van der Waals surface area contributed by atoms with E-state index in [1.165, 1.54) is 21.1 Å². The minimum Gasteiger partial charge on any atom is -0.370 e. The van der Waals surface area contributed by atoms with Gasteiger partial charge in [-0.05, 0) is 31.2 Å². The fourth-order valence-corrected chi connectivity index (χ4v) is 4.61. The Morgan fingerprint density at radius 1 is 1.21 bits per heavy atom. The van der Waals surface area contributed by atoms with Crippen molar-refractivity contribution in [3.8, 4) is 0 Å².